The Hall–Kier alpha value is -0.410. The second-order valence-corrected chi connectivity index (χ2v) is 2.99. The Morgan fingerprint density at radius 3 is 2.17 bits per heavy atom. The lowest BCUT2D eigenvalue weighted by Gasteiger charge is -2.16. The Bertz CT molecular complexity index is 82.6. The molecule has 0 fully saturated rings. The summed E-state index contributed by atoms with van der Waals surface area (Å²) >= 11 is 0. The zero-order valence-electron chi connectivity index (χ0n) is 8.76. The summed E-state index contributed by atoms with van der Waals surface area (Å²) in [6, 6.07) is 0.697. The predicted octanol–water partition coefficient (Wildman–Crippen LogP) is 0.751. The molecule has 1 unspecified atom stereocenters. The van der Waals surface area contributed by atoms with Crippen LogP contribution in [0, 0.1) is 0 Å². The van der Waals surface area contributed by atoms with Crippen molar-refractivity contribution >= 4 is 6.79 Å². The van der Waals surface area contributed by atoms with Crippen LogP contribution in [0.4, 0.5) is 0 Å². The summed E-state index contributed by atoms with van der Waals surface area (Å²) in [5.74, 6) is 0. The maximum atomic E-state index is 8.00. The number of carbonyl (C=O) groups excluding carboxylic acids is 1. The minimum Gasteiger partial charge on any atom is -0.317 e. The van der Waals surface area contributed by atoms with Gasteiger partial charge in [-0.25, -0.2) is 0 Å². The number of nitrogens with one attached hydrogen (secondary N) is 1. The SMILES string of the molecule is C=O.CCC(CCN(C)C)NC. The zero-order valence-corrected chi connectivity index (χ0v) is 8.76. The Morgan fingerprint density at radius 2 is 1.92 bits per heavy atom. The molecule has 0 saturated carbocycles. The van der Waals surface area contributed by atoms with Crippen molar-refractivity contribution in [2.24, 2.45) is 0 Å². The molecule has 12 heavy (non-hydrogen) atoms. The summed E-state index contributed by atoms with van der Waals surface area (Å²) in [5.41, 5.74) is 0. The van der Waals surface area contributed by atoms with E-state index in [1.54, 1.807) is 0 Å². The van der Waals surface area contributed by atoms with Gasteiger partial charge in [-0.15, -0.1) is 0 Å². The van der Waals surface area contributed by atoms with Crippen LogP contribution < -0.4 is 5.32 Å². The van der Waals surface area contributed by atoms with Gasteiger partial charge in [-0.3, -0.25) is 0 Å². The maximum Gasteiger partial charge on any atom is 0.106 e. The number of rotatable bonds is 5. The molecule has 74 valence electrons. The Kier molecular flexibility index (Phi) is 12.5. The van der Waals surface area contributed by atoms with Gasteiger partial charge < -0.3 is 15.0 Å². The first kappa shape index (κ1) is 14.1. The third-order valence-corrected chi connectivity index (χ3v) is 1.83. The average Bonchev–Trinajstić information content (AvgIpc) is 2.09. The largest absolute Gasteiger partial charge is 0.317 e. The van der Waals surface area contributed by atoms with E-state index in [1.807, 2.05) is 13.8 Å². The van der Waals surface area contributed by atoms with Gasteiger partial charge in [-0.2, -0.15) is 0 Å². The van der Waals surface area contributed by atoms with E-state index in [1.165, 1.54) is 19.4 Å². The van der Waals surface area contributed by atoms with Crippen molar-refractivity contribution in [2.75, 3.05) is 27.7 Å². The third-order valence-electron chi connectivity index (χ3n) is 1.83. The van der Waals surface area contributed by atoms with Gasteiger partial charge in [-0.1, -0.05) is 6.92 Å². The van der Waals surface area contributed by atoms with Crippen molar-refractivity contribution in [3.8, 4) is 0 Å². The van der Waals surface area contributed by atoms with E-state index in [2.05, 4.69) is 31.2 Å². The van der Waals surface area contributed by atoms with Crippen LogP contribution in [0.1, 0.15) is 19.8 Å². The molecule has 1 N–H and O–H groups in total. The molecule has 1 atom stereocenters. The Morgan fingerprint density at radius 1 is 1.42 bits per heavy atom. The lowest BCUT2D eigenvalue weighted by atomic mass is 10.1. The van der Waals surface area contributed by atoms with Crippen molar-refractivity contribution < 1.29 is 4.79 Å². The minimum absolute atomic E-state index is 0.697. The van der Waals surface area contributed by atoms with Crippen LogP contribution in [-0.4, -0.2) is 45.4 Å². The van der Waals surface area contributed by atoms with Gasteiger partial charge in [0.25, 0.3) is 0 Å². The first-order valence-corrected chi connectivity index (χ1v) is 4.31. The summed E-state index contributed by atoms with van der Waals surface area (Å²) in [6.07, 6.45) is 2.48. The van der Waals surface area contributed by atoms with Gasteiger partial charge in [0, 0.05) is 6.04 Å². The first-order valence-electron chi connectivity index (χ1n) is 4.31. The van der Waals surface area contributed by atoms with E-state index < -0.39 is 0 Å². The lowest BCUT2D eigenvalue weighted by molar-refractivity contribution is -0.0979. The molecule has 0 aliphatic rings. The molecule has 0 radical (unpaired) electrons. The van der Waals surface area contributed by atoms with Gasteiger partial charge in [0.15, 0.2) is 0 Å². The van der Waals surface area contributed by atoms with Crippen LogP contribution in [0.15, 0.2) is 0 Å². The average molecular weight is 174 g/mol. The predicted molar refractivity (Wildman–Crippen MR) is 53.4 cm³/mol. The van der Waals surface area contributed by atoms with Gasteiger partial charge in [0.05, 0.1) is 0 Å². The Balaban J connectivity index is 0. The molecule has 0 amide bonds. The van der Waals surface area contributed by atoms with Crippen LogP contribution in [-0.2, 0) is 4.79 Å². The van der Waals surface area contributed by atoms with Crippen LogP contribution in [0.25, 0.3) is 0 Å². The maximum absolute atomic E-state index is 8.00. The summed E-state index contributed by atoms with van der Waals surface area (Å²) in [7, 11) is 6.26. The van der Waals surface area contributed by atoms with Crippen molar-refractivity contribution in [2.45, 2.75) is 25.8 Å². The first-order chi connectivity index (χ1) is 5.70. The molecule has 0 aliphatic carbocycles. The highest BCUT2D eigenvalue weighted by atomic mass is 16.1. The fraction of sp³-hybridized carbons (Fsp3) is 0.889. The molecule has 0 spiro atoms. The van der Waals surface area contributed by atoms with Gasteiger partial charge in [0.1, 0.15) is 6.79 Å². The molecule has 0 aliphatic heterocycles. The van der Waals surface area contributed by atoms with E-state index in [0.29, 0.717) is 6.04 Å². The minimum atomic E-state index is 0.697. The highest BCUT2D eigenvalue weighted by Gasteiger charge is 2.01. The highest BCUT2D eigenvalue weighted by molar-refractivity contribution is 5.10. The van der Waals surface area contributed by atoms with Crippen molar-refractivity contribution in [3.05, 3.63) is 0 Å². The topological polar surface area (TPSA) is 32.3 Å². The summed E-state index contributed by atoms with van der Waals surface area (Å²) < 4.78 is 0. The molecule has 0 heterocycles. The van der Waals surface area contributed by atoms with Crippen molar-refractivity contribution in [1.82, 2.24) is 10.2 Å². The van der Waals surface area contributed by atoms with E-state index in [4.69, 9.17) is 4.79 Å². The van der Waals surface area contributed by atoms with E-state index in [-0.39, 0.29) is 0 Å². The fourth-order valence-corrected chi connectivity index (χ4v) is 0.967. The van der Waals surface area contributed by atoms with E-state index in [9.17, 15) is 0 Å². The molecule has 0 aromatic rings. The van der Waals surface area contributed by atoms with E-state index >= 15 is 0 Å². The molecule has 0 bridgehead atoms. The molecule has 0 saturated heterocycles. The van der Waals surface area contributed by atoms with Crippen LogP contribution in [0.5, 0.6) is 0 Å². The fourth-order valence-electron chi connectivity index (χ4n) is 0.967. The summed E-state index contributed by atoms with van der Waals surface area (Å²) in [6.45, 7) is 5.40. The summed E-state index contributed by atoms with van der Waals surface area (Å²) in [4.78, 5) is 10.2. The van der Waals surface area contributed by atoms with Gasteiger partial charge in [0.2, 0.25) is 0 Å². The highest BCUT2D eigenvalue weighted by Crippen LogP contribution is 1.96. The zero-order chi connectivity index (χ0) is 9.98. The van der Waals surface area contributed by atoms with Crippen LogP contribution >= 0.6 is 0 Å². The summed E-state index contributed by atoms with van der Waals surface area (Å²) in [5, 5.41) is 3.28. The van der Waals surface area contributed by atoms with Gasteiger partial charge in [-0.05, 0) is 40.5 Å². The molecule has 0 aromatic carbocycles. The van der Waals surface area contributed by atoms with E-state index in [0.717, 1.165) is 0 Å². The van der Waals surface area contributed by atoms with Gasteiger partial charge >= 0.3 is 0 Å². The normalized spacial score (nSPS) is 12.1. The standard InChI is InChI=1S/C8H20N2.CH2O/c1-5-8(9-2)6-7-10(3)4;1-2/h8-9H,5-7H2,1-4H3;1H2. The quantitative estimate of drug-likeness (QED) is 0.667. The van der Waals surface area contributed by atoms with Crippen LogP contribution in [0.2, 0.25) is 0 Å². The van der Waals surface area contributed by atoms with Crippen molar-refractivity contribution in [3.63, 3.8) is 0 Å². The molecule has 3 heteroatoms. The molecular weight excluding hydrogens is 152 g/mol. The van der Waals surface area contributed by atoms with Crippen LogP contribution in [0.3, 0.4) is 0 Å². The lowest BCUT2D eigenvalue weighted by Crippen LogP contribution is -2.28. The Labute approximate surface area is 76.1 Å². The molecular formula is C9H22N2O. The second-order valence-electron chi connectivity index (χ2n) is 2.99. The number of nitrogens with zero attached hydrogens (tertiary/aromatic N) is 1. The number of hydrogen-bond donors (Lipinski definition) is 1. The number of hydrogen-bond acceptors (Lipinski definition) is 3. The number of carbonyl (C=O) groups is 1. The molecule has 0 rings (SSSR count). The smallest absolute Gasteiger partial charge is 0.106 e. The molecule has 3 nitrogen and oxygen atoms in total. The monoisotopic (exact) mass is 174 g/mol. The molecule has 0 aromatic heterocycles. The van der Waals surface area contributed by atoms with Crippen molar-refractivity contribution in [1.29, 1.82) is 0 Å². The third kappa shape index (κ3) is 9.59. The second kappa shape index (κ2) is 10.6.